The molecule has 110 valence electrons. The van der Waals surface area contributed by atoms with Crippen molar-refractivity contribution in [3.8, 4) is 0 Å². The predicted octanol–water partition coefficient (Wildman–Crippen LogP) is 1.78. The minimum atomic E-state index is 0.140. The number of hydrogen-bond acceptors (Lipinski definition) is 4. The summed E-state index contributed by atoms with van der Waals surface area (Å²) in [6.07, 6.45) is 4.34. The van der Waals surface area contributed by atoms with Gasteiger partial charge in [-0.15, -0.1) is 0 Å². The van der Waals surface area contributed by atoms with Crippen LogP contribution in [0.4, 0.5) is 5.82 Å². The predicted molar refractivity (Wildman–Crippen MR) is 79.6 cm³/mol. The lowest BCUT2D eigenvalue weighted by molar-refractivity contribution is -0.126. The van der Waals surface area contributed by atoms with Crippen LogP contribution in [0.15, 0.2) is 12.4 Å². The summed E-state index contributed by atoms with van der Waals surface area (Å²) in [6, 6.07) is 2.27. The number of carbonyl (C=O) groups excluding carboxylic acids is 1. The third-order valence-electron chi connectivity index (χ3n) is 3.69. The molecule has 0 radical (unpaired) electrons. The van der Waals surface area contributed by atoms with Crippen LogP contribution in [0, 0.1) is 5.92 Å². The van der Waals surface area contributed by atoms with Gasteiger partial charge in [0, 0.05) is 36.8 Å². The van der Waals surface area contributed by atoms with Crippen molar-refractivity contribution in [1.82, 2.24) is 15.3 Å². The van der Waals surface area contributed by atoms with Gasteiger partial charge in [0.1, 0.15) is 12.1 Å². The number of piperidine rings is 1. The van der Waals surface area contributed by atoms with Crippen LogP contribution in [-0.4, -0.2) is 35.0 Å². The molecule has 1 aromatic heterocycles. The Balaban J connectivity index is 1.92. The first kappa shape index (κ1) is 14.8. The SMILES string of the molecule is CCc1cc(N2CCC(C(=O)NC(C)C)CC2)ncn1. The van der Waals surface area contributed by atoms with Gasteiger partial charge in [-0.05, 0) is 33.1 Å². The zero-order chi connectivity index (χ0) is 14.5. The molecule has 1 aliphatic heterocycles. The summed E-state index contributed by atoms with van der Waals surface area (Å²) in [7, 11) is 0. The Bertz CT molecular complexity index is 453. The molecular weight excluding hydrogens is 252 g/mol. The maximum absolute atomic E-state index is 12.0. The first-order valence-corrected chi connectivity index (χ1v) is 7.46. The summed E-state index contributed by atoms with van der Waals surface area (Å²) in [5.74, 6) is 1.32. The second kappa shape index (κ2) is 6.68. The molecule has 0 aliphatic carbocycles. The Hall–Kier alpha value is -1.65. The molecule has 1 fully saturated rings. The van der Waals surface area contributed by atoms with E-state index in [9.17, 15) is 4.79 Å². The number of aromatic nitrogens is 2. The quantitative estimate of drug-likeness (QED) is 0.910. The third-order valence-corrected chi connectivity index (χ3v) is 3.69. The summed E-state index contributed by atoms with van der Waals surface area (Å²) in [6.45, 7) is 7.86. The first-order chi connectivity index (χ1) is 9.60. The maximum atomic E-state index is 12.0. The number of nitrogens with one attached hydrogen (secondary N) is 1. The Labute approximate surface area is 120 Å². The fraction of sp³-hybridized carbons (Fsp3) is 0.667. The van der Waals surface area contributed by atoms with Crippen LogP contribution >= 0.6 is 0 Å². The number of anilines is 1. The fourth-order valence-electron chi connectivity index (χ4n) is 2.53. The van der Waals surface area contributed by atoms with Crippen molar-refractivity contribution < 1.29 is 4.79 Å². The molecular formula is C15H24N4O. The van der Waals surface area contributed by atoms with Crippen LogP contribution in [0.2, 0.25) is 0 Å². The summed E-state index contributed by atoms with van der Waals surface area (Å²) in [5, 5.41) is 3.00. The average molecular weight is 276 g/mol. The molecule has 0 aromatic carbocycles. The molecule has 0 atom stereocenters. The molecule has 1 saturated heterocycles. The Morgan fingerprint density at radius 3 is 2.70 bits per heavy atom. The van der Waals surface area contributed by atoms with E-state index in [0.29, 0.717) is 0 Å². The van der Waals surface area contributed by atoms with Crippen molar-refractivity contribution in [2.45, 2.75) is 46.1 Å². The van der Waals surface area contributed by atoms with Gasteiger partial charge in [-0.3, -0.25) is 4.79 Å². The van der Waals surface area contributed by atoms with Gasteiger partial charge < -0.3 is 10.2 Å². The van der Waals surface area contributed by atoms with Crippen LogP contribution in [0.25, 0.3) is 0 Å². The summed E-state index contributed by atoms with van der Waals surface area (Å²) < 4.78 is 0. The Kier molecular flexibility index (Phi) is 4.93. The van der Waals surface area contributed by atoms with Crippen molar-refractivity contribution in [2.24, 2.45) is 5.92 Å². The van der Waals surface area contributed by atoms with E-state index in [-0.39, 0.29) is 17.9 Å². The number of aryl methyl sites for hydroxylation is 1. The largest absolute Gasteiger partial charge is 0.356 e. The van der Waals surface area contributed by atoms with E-state index in [2.05, 4.69) is 33.2 Å². The molecule has 5 heteroatoms. The molecule has 1 N–H and O–H groups in total. The molecule has 0 unspecified atom stereocenters. The van der Waals surface area contributed by atoms with E-state index in [0.717, 1.165) is 43.9 Å². The molecule has 2 heterocycles. The third kappa shape index (κ3) is 3.68. The van der Waals surface area contributed by atoms with Gasteiger partial charge >= 0.3 is 0 Å². The van der Waals surface area contributed by atoms with Crippen molar-refractivity contribution in [2.75, 3.05) is 18.0 Å². The highest BCUT2D eigenvalue weighted by molar-refractivity contribution is 5.79. The summed E-state index contributed by atoms with van der Waals surface area (Å²) in [5.41, 5.74) is 1.06. The zero-order valence-electron chi connectivity index (χ0n) is 12.6. The zero-order valence-corrected chi connectivity index (χ0v) is 12.6. The number of rotatable bonds is 4. The van der Waals surface area contributed by atoms with Gasteiger partial charge in [0.25, 0.3) is 0 Å². The van der Waals surface area contributed by atoms with Crippen molar-refractivity contribution in [1.29, 1.82) is 0 Å². The van der Waals surface area contributed by atoms with E-state index in [1.807, 2.05) is 13.8 Å². The van der Waals surface area contributed by atoms with E-state index in [1.165, 1.54) is 0 Å². The molecule has 1 aromatic rings. The minimum Gasteiger partial charge on any atom is -0.356 e. The van der Waals surface area contributed by atoms with E-state index in [1.54, 1.807) is 6.33 Å². The number of hydrogen-bond donors (Lipinski definition) is 1. The monoisotopic (exact) mass is 276 g/mol. The summed E-state index contributed by atoms with van der Waals surface area (Å²) in [4.78, 5) is 22.8. The molecule has 1 aliphatic rings. The molecule has 0 spiro atoms. The highest BCUT2D eigenvalue weighted by Gasteiger charge is 2.25. The number of carbonyl (C=O) groups is 1. The molecule has 2 rings (SSSR count). The highest BCUT2D eigenvalue weighted by atomic mass is 16.1. The van der Waals surface area contributed by atoms with Crippen LogP contribution in [0.5, 0.6) is 0 Å². The number of nitrogens with zero attached hydrogens (tertiary/aromatic N) is 3. The lowest BCUT2D eigenvalue weighted by atomic mass is 9.95. The van der Waals surface area contributed by atoms with Crippen molar-refractivity contribution in [3.05, 3.63) is 18.1 Å². The smallest absolute Gasteiger partial charge is 0.223 e. The van der Waals surface area contributed by atoms with Crippen molar-refractivity contribution in [3.63, 3.8) is 0 Å². The normalized spacial score (nSPS) is 16.5. The lowest BCUT2D eigenvalue weighted by Gasteiger charge is -2.32. The summed E-state index contributed by atoms with van der Waals surface area (Å²) >= 11 is 0. The van der Waals surface area contributed by atoms with Crippen LogP contribution in [-0.2, 0) is 11.2 Å². The molecule has 0 bridgehead atoms. The van der Waals surface area contributed by atoms with Gasteiger partial charge in [-0.1, -0.05) is 6.92 Å². The van der Waals surface area contributed by atoms with Gasteiger partial charge in [-0.25, -0.2) is 9.97 Å². The van der Waals surface area contributed by atoms with E-state index in [4.69, 9.17) is 0 Å². The molecule has 20 heavy (non-hydrogen) atoms. The van der Waals surface area contributed by atoms with Crippen LogP contribution < -0.4 is 10.2 Å². The van der Waals surface area contributed by atoms with Crippen LogP contribution in [0.3, 0.4) is 0 Å². The van der Waals surface area contributed by atoms with Gasteiger partial charge in [-0.2, -0.15) is 0 Å². The van der Waals surface area contributed by atoms with Crippen molar-refractivity contribution >= 4 is 11.7 Å². The Morgan fingerprint density at radius 2 is 2.10 bits per heavy atom. The topological polar surface area (TPSA) is 58.1 Å². The second-order valence-corrected chi connectivity index (χ2v) is 5.65. The standard InChI is InChI=1S/C15H24N4O/c1-4-13-9-14(17-10-16-13)19-7-5-12(6-8-19)15(20)18-11(2)3/h9-12H,4-8H2,1-3H3,(H,18,20). The molecule has 1 amide bonds. The molecule has 5 nitrogen and oxygen atoms in total. The number of amides is 1. The Morgan fingerprint density at radius 1 is 1.40 bits per heavy atom. The van der Waals surface area contributed by atoms with Gasteiger partial charge in [0.2, 0.25) is 5.91 Å². The average Bonchev–Trinajstić information content (AvgIpc) is 2.47. The maximum Gasteiger partial charge on any atom is 0.223 e. The lowest BCUT2D eigenvalue weighted by Crippen LogP contribution is -2.42. The van der Waals surface area contributed by atoms with E-state index >= 15 is 0 Å². The van der Waals surface area contributed by atoms with Gasteiger partial charge in [0.15, 0.2) is 0 Å². The van der Waals surface area contributed by atoms with E-state index < -0.39 is 0 Å². The highest BCUT2D eigenvalue weighted by Crippen LogP contribution is 2.22. The van der Waals surface area contributed by atoms with Crippen LogP contribution in [0.1, 0.15) is 39.3 Å². The molecule has 0 saturated carbocycles. The first-order valence-electron chi connectivity index (χ1n) is 7.46. The van der Waals surface area contributed by atoms with Gasteiger partial charge in [0.05, 0.1) is 0 Å². The second-order valence-electron chi connectivity index (χ2n) is 5.65. The minimum absolute atomic E-state index is 0.140. The fourth-order valence-corrected chi connectivity index (χ4v) is 2.53.